The first kappa shape index (κ1) is 19.2. The second-order valence-corrected chi connectivity index (χ2v) is 6.57. The molecule has 0 bridgehead atoms. The summed E-state index contributed by atoms with van der Waals surface area (Å²) < 4.78 is 0. The van der Waals surface area contributed by atoms with E-state index in [2.05, 4.69) is 35.0 Å². The largest absolute Gasteiger partial charge is 0.379 e. The number of hydrogen-bond acceptors (Lipinski definition) is 3. The molecule has 0 aromatic heterocycles. The molecule has 5 heteroatoms. The predicted octanol–water partition coefficient (Wildman–Crippen LogP) is 5.71. The van der Waals surface area contributed by atoms with E-state index < -0.39 is 0 Å². The number of benzene rings is 3. The highest BCUT2D eigenvalue weighted by Crippen LogP contribution is 2.21. The van der Waals surface area contributed by atoms with Crippen molar-refractivity contribution >= 4 is 28.9 Å². The summed E-state index contributed by atoms with van der Waals surface area (Å²) >= 11 is 0. The van der Waals surface area contributed by atoms with Crippen LogP contribution in [0.15, 0.2) is 78.9 Å². The van der Waals surface area contributed by atoms with Crippen molar-refractivity contribution in [3.05, 3.63) is 90.0 Å². The van der Waals surface area contributed by atoms with Gasteiger partial charge in [-0.25, -0.2) is 4.79 Å². The molecule has 0 saturated carbocycles. The van der Waals surface area contributed by atoms with Gasteiger partial charge in [0.25, 0.3) is 0 Å². The molecule has 1 atom stereocenters. The highest BCUT2D eigenvalue weighted by Gasteiger charge is 2.06. The Kier molecular flexibility index (Phi) is 6.07. The van der Waals surface area contributed by atoms with E-state index in [0.717, 1.165) is 5.69 Å². The minimum atomic E-state index is -0.339. The average Bonchev–Trinajstić information content (AvgIpc) is 2.70. The minimum absolute atomic E-state index is 0.00807. The van der Waals surface area contributed by atoms with E-state index in [9.17, 15) is 9.59 Å². The third-order valence-electron chi connectivity index (χ3n) is 4.37. The summed E-state index contributed by atoms with van der Waals surface area (Å²) in [4.78, 5) is 23.4. The Balaban J connectivity index is 1.54. The number of anilines is 3. The number of rotatable bonds is 6. The third kappa shape index (κ3) is 5.20. The van der Waals surface area contributed by atoms with Gasteiger partial charge in [0.05, 0.1) is 0 Å². The molecule has 142 valence electrons. The molecule has 0 saturated heterocycles. The molecule has 28 heavy (non-hydrogen) atoms. The van der Waals surface area contributed by atoms with Gasteiger partial charge >= 0.3 is 6.03 Å². The molecule has 0 radical (unpaired) electrons. The number of amides is 2. The lowest BCUT2D eigenvalue weighted by atomic mass is 10.1. The highest BCUT2D eigenvalue weighted by atomic mass is 16.2. The second-order valence-electron chi connectivity index (χ2n) is 6.57. The second kappa shape index (κ2) is 8.86. The number of ketones is 1. The molecular formula is C23H23N3O2. The number of carbonyl (C=O) groups excluding carboxylic acids is 2. The molecule has 0 aliphatic rings. The summed E-state index contributed by atoms with van der Waals surface area (Å²) in [5.74, 6) is -0.00807. The molecule has 1 unspecified atom stereocenters. The van der Waals surface area contributed by atoms with E-state index in [1.165, 1.54) is 12.5 Å². The van der Waals surface area contributed by atoms with E-state index in [0.29, 0.717) is 16.9 Å². The fourth-order valence-electron chi connectivity index (χ4n) is 2.81. The molecule has 3 aromatic rings. The molecule has 0 heterocycles. The monoisotopic (exact) mass is 373 g/mol. The summed E-state index contributed by atoms with van der Waals surface area (Å²) in [5, 5.41) is 8.98. The van der Waals surface area contributed by atoms with Crippen molar-refractivity contribution in [2.75, 3.05) is 16.0 Å². The van der Waals surface area contributed by atoms with Gasteiger partial charge in [0.1, 0.15) is 0 Å². The molecule has 0 spiro atoms. The van der Waals surface area contributed by atoms with Crippen molar-refractivity contribution in [1.29, 1.82) is 0 Å². The zero-order valence-corrected chi connectivity index (χ0v) is 15.9. The van der Waals surface area contributed by atoms with E-state index in [-0.39, 0.29) is 17.9 Å². The molecule has 3 N–H and O–H groups in total. The maximum Gasteiger partial charge on any atom is 0.323 e. The van der Waals surface area contributed by atoms with E-state index >= 15 is 0 Å². The van der Waals surface area contributed by atoms with Crippen molar-refractivity contribution in [3.63, 3.8) is 0 Å². The standard InChI is InChI=1S/C23H23N3O2/c1-16(18-6-4-3-5-7-18)24-20-12-14-22(15-13-20)26-23(28)25-21-10-8-19(9-11-21)17(2)27/h3-16,24H,1-2H3,(H2,25,26,28). The highest BCUT2D eigenvalue weighted by molar-refractivity contribution is 6.00. The minimum Gasteiger partial charge on any atom is -0.379 e. The summed E-state index contributed by atoms with van der Waals surface area (Å²) in [6, 6.07) is 24.4. The van der Waals surface area contributed by atoms with Crippen molar-refractivity contribution in [1.82, 2.24) is 0 Å². The predicted molar refractivity (Wildman–Crippen MR) is 114 cm³/mol. The Morgan fingerprint density at radius 1 is 0.714 bits per heavy atom. The number of carbonyl (C=O) groups is 2. The third-order valence-corrected chi connectivity index (χ3v) is 4.37. The summed E-state index contributed by atoms with van der Waals surface area (Å²) in [6.45, 7) is 3.61. The van der Waals surface area contributed by atoms with E-state index in [1.807, 2.05) is 42.5 Å². The van der Waals surface area contributed by atoms with Crippen molar-refractivity contribution in [2.24, 2.45) is 0 Å². The van der Waals surface area contributed by atoms with Gasteiger partial charge in [-0.3, -0.25) is 4.79 Å². The first-order chi connectivity index (χ1) is 13.5. The summed E-state index contributed by atoms with van der Waals surface area (Å²) in [6.07, 6.45) is 0. The lowest BCUT2D eigenvalue weighted by Gasteiger charge is -2.16. The molecule has 0 aliphatic carbocycles. The Bertz CT molecular complexity index is 936. The van der Waals surface area contributed by atoms with Gasteiger partial charge in [-0.15, -0.1) is 0 Å². The lowest BCUT2D eigenvalue weighted by molar-refractivity contribution is 0.101. The van der Waals surface area contributed by atoms with Crippen LogP contribution < -0.4 is 16.0 Å². The Morgan fingerprint density at radius 2 is 1.21 bits per heavy atom. The van der Waals surface area contributed by atoms with Crippen LogP contribution >= 0.6 is 0 Å². The molecule has 2 amide bonds. The van der Waals surface area contributed by atoms with Crippen LogP contribution in [0, 0.1) is 0 Å². The van der Waals surface area contributed by atoms with Crippen molar-refractivity contribution < 1.29 is 9.59 Å². The average molecular weight is 373 g/mol. The van der Waals surface area contributed by atoms with Crippen LogP contribution in [0.2, 0.25) is 0 Å². The van der Waals surface area contributed by atoms with E-state index in [1.54, 1.807) is 24.3 Å². The molecule has 3 aromatic carbocycles. The molecule has 5 nitrogen and oxygen atoms in total. The first-order valence-electron chi connectivity index (χ1n) is 9.12. The molecule has 0 fully saturated rings. The first-order valence-corrected chi connectivity index (χ1v) is 9.12. The number of Topliss-reactive ketones (excluding diaryl/α,β-unsaturated/α-hetero) is 1. The van der Waals surface area contributed by atoms with Gasteiger partial charge in [-0.1, -0.05) is 30.3 Å². The maximum absolute atomic E-state index is 12.1. The van der Waals surface area contributed by atoms with E-state index in [4.69, 9.17) is 0 Å². The number of urea groups is 1. The van der Waals surface area contributed by atoms with Gasteiger partial charge in [-0.05, 0) is 67.9 Å². The van der Waals surface area contributed by atoms with Crippen molar-refractivity contribution in [2.45, 2.75) is 19.9 Å². The topological polar surface area (TPSA) is 70.2 Å². The fourth-order valence-corrected chi connectivity index (χ4v) is 2.81. The van der Waals surface area contributed by atoms with Crippen LogP contribution in [0.5, 0.6) is 0 Å². The zero-order chi connectivity index (χ0) is 19.9. The Hall–Kier alpha value is -3.60. The Morgan fingerprint density at radius 3 is 1.75 bits per heavy atom. The van der Waals surface area contributed by atoms with Gasteiger partial charge in [-0.2, -0.15) is 0 Å². The summed E-state index contributed by atoms with van der Waals surface area (Å²) in [7, 11) is 0. The van der Waals surface area contributed by atoms with Gasteiger partial charge in [0.2, 0.25) is 0 Å². The zero-order valence-electron chi connectivity index (χ0n) is 15.9. The van der Waals surface area contributed by atoms with Crippen LogP contribution in [0.25, 0.3) is 0 Å². The smallest absolute Gasteiger partial charge is 0.323 e. The molecule has 3 rings (SSSR count). The van der Waals surface area contributed by atoms with Crippen molar-refractivity contribution in [3.8, 4) is 0 Å². The lowest BCUT2D eigenvalue weighted by Crippen LogP contribution is -2.19. The quantitative estimate of drug-likeness (QED) is 0.485. The fraction of sp³-hybridized carbons (Fsp3) is 0.130. The Labute approximate surface area is 164 Å². The number of nitrogens with one attached hydrogen (secondary N) is 3. The SMILES string of the molecule is CC(=O)c1ccc(NC(=O)Nc2ccc(NC(C)c3ccccc3)cc2)cc1. The normalized spacial score (nSPS) is 11.4. The summed E-state index contributed by atoms with van der Waals surface area (Å²) in [5.41, 5.74) is 4.11. The van der Waals surface area contributed by atoms with Crippen LogP contribution in [0.3, 0.4) is 0 Å². The van der Waals surface area contributed by atoms with Crippen LogP contribution in [0.4, 0.5) is 21.9 Å². The van der Waals surface area contributed by atoms with Crippen LogP contribution in [0.1, 0.15) is 35.8 Å². The van der Waals surface area contributed by atoms with Gasteiger partial charge in [0.15, 0.2) is 5.78 Å². The van der Waals surface area contributed by atoms with Gasteiger partial charge < -0.3 is 16.0 Å². The molecule has 0 aliphatic heterocycles. The molecular weight excluding hydrogens is 350 g/mol. The van der Waals surface area contributed by atoms with Gasteiger partial charge in [0, 0.05) is 28.7 Å². The number of hydrogen-bond donors (Lipinski definition) is 3. The van der Waals surface area contributed by atoms with Crippen LogP contribution in [-0.2, 0) is 0 Å². The van der Waals surface area contributed by atoms with Crippen LogP contribution in [-0.4, -0.2) is 11.8 Å². The maximum atomic E-state index is 12.1.